The Morgan fingerprint density at radius 2 is 1.94 bits per heavy atom. The lowest BCUT2D eigenvalue weighted by Crippen LogP contribution is -2.43. The molecule has 1 aliphatic heterocycles. The average Bonchev–Trinajstić information content (AvgIpc) is 2.39. The molecular weight excluding hydrogens is 230 g/mol. The van der Waals surface area contributed by atoms with Crippen LogP contribution in [0.15, 0.2) is 29.1 Å². The first-order valence-corrected chi connectivity index (χ1v) is 6.06. The highest BCUT2D eigenvalue weighted by Crippen LogP contribution is 2.29. The summed E-state index contributed by atoms with van der Waals surface area (Å²) in [6, 6.07) is 6.74. The molecule has 0 amide bonds. The maximum Gasteiger partial charge on any atom is 0.248 e. The number of hydrogen-bond donors (Lipinski definition) is 3. The van der Waals surface area contributed by atoms with Gasteiger partial charge in [0.25, 0.3) is 0 Å². The van der Waals surface area contributed by atoms with Crippen molar-refractivity contribution in [3.63, 3.8) is 0 Å². The van der Waals surface area contributed by atoms with Crippen molar-refractivity contribution in [2.75, 3.05) is 31.1 Å². The fourth-order valence-corrected chi connectivity index (χ4v) is 2.34. The number of aromatic amines is 1. The van der Waals surface area contributed by atoms with Gasteiger partial charge in [-0.05, 0) is 12.1 Å². The zero-order valence-electron chi connectivity index (χ0n) is 9.94. The lowest BCUT2D eigenvalue weighted by molar-refractivity contribution is 0.481. The van der Waals surface area contributed by atoms with Gasteiger partial charge >= 0.3 is 0 Å². The molecule has 5 nitrogen and oxygen atoms in total. The number of H-pyrrole nitrogens is 1. The van der Waals surface area contributed by atoms with Gasteiger partial charge in [0.2, 0.25) is 5.56 Å². The van der Waals surface area contributed by atoms with Crippen molar-refractivity contribution < 1.29 is 5.11 Å². The molecule has 94 valence electrons. The Kier molecular flexibility index (Phi) is 2.68. The Hall–Kier alpha value is -2.01. The van der Waals surface area contributed by atoms with E-state index in [-0.39, 0.29) is 11.3 Å². The topological polar surface area (TPSA) is 68.4 Å². The third kappa shape index (κ3) is 1.93. The molecule has 0 radical (unpaired) electrons. The first-order chi connectivity index (χ1) is 8.74. The molecule has 1 aromatic heterocycles. The van der Waals surface area contributed by atoms with Crippen molar-refractivity contribution in [3.05, 3.63) is 34.6 Å². The van der Waals surface area contributed by atoms with Crippen molar-refractivity contribution in [2.45, 2.75) is 0 Å². The summed E-state index contributed by atoms with van der Waals surface area (Å²) >= 11 is 0. The Labute approximate surface area is 104 Å². The second-order valence-corrected chi connectivity index (χ2v) is 4.49. The molecule has 5 heteroatoms. The summed E-state index contributed by atoms with van der Waals surface area (Å²) in [6.07, 6.45) is 0. The molecule has 1 fully saturated rings. The van der Waals surface area contributed by atoms with Gasteiger partial charge in [-0.25, -0.2) is 0 Å². The van der Waals surface area contributed by atoms with Gasteiger partial charge in [0, 0.05) is 49.4 Å². The fourth-order valence-electron chi connectivity index (χ4n) is 2.34. The number of fused-ring (bicyclic) bond motifs is 1. The third-order valence-electron chi connectivity index (χ3n) is 3.28. The normalized spacial score (nSPS) is 16.1. The van der Waals surface area contributed by atoms with Gasteiger partial charge < -0.3 is 20.3 Å². The minimum atomic E-state index is -0.153. The van der Waals surface area contributed by atoms with E-state index in [0.29, 0.717) is 10.9 Å². The monoisotopic (exact) mass is 245 g/mol. The number of phenolic OH excluding ortho intramolecular Hbond substituents is 1. The van der Waals surface area contributed by atoms with E-state index in [2.05, 4.69) is 15.2 Å². The van der Waals surface area contributed by atoms with Gasteiger partial charge in [-0.3, -0.25) is 4.79 Å². The Balaban J connectivity index is 2.10. The van der Waals surface area contributed by atoms with Crippen molar-refractivity contribution in [2.24, 2.45) is 0 Å². The number of anilines is 1. The van der Waals surface area contributed by atoms with Crippen LogP contribution in [0, 0.1) is 0 Å². The average molecular weight is 245 g/mol. The molecule has 1 aliphatic rings. The molecule has 0 unspecified atom stereocenters. The number of piperazine rings is 1. The molecule has 0 saturated carbocycles. The van der Waals surface area contributed by atoms with E-state index >= 15 is 0 Å². The molecule has 0 aliphatic carbocycles. The summed E-state index contributed by atoms with van der Waals surface area (Å²) in [7, 11) is 0. The van der Waals surface area contributed by atoms with E-state index in [1.54, 1.807) is 12.1 Å². The summed E-state index contributed by atoms with van der Waals surface area (Å²) in [5, 5.41) is 14.0. The molecule has 2 heterocycles. The zero-order chi connectivity index (χ0) is 12.5. The van der Waals surface area contributed by atoms with Crippen molar-refractivity contribution >= 4 is 16.6 Å². The maximum atomic E-state index is 11.3. The predicted octanol–water partition coefficient (Wildman–Crippen LogP) is 0.643. The molecule has 2 aromatic rings. The van der Waals surface area contributed by atoms with Crippen LogP contribution in [0.3, 0.4) is 0 Å². The molecule has 0 bridgehead atoms. The minimum absolute atomic E-state index is 0.153. The molecule has 18 heavy (non-hydrogen) atoms. The van der Waals surface area contributed by atoms with Gasteiger partial charge in [0.15, 0.2) is 0 Å². The summed E-state index contributed by atoms with van der Waals surface area (Å²) < 4.78 is 0. The van der Waals surface area contributed by atoms with Gasteiger partial charge in [-0.15, -0.1) is 0 Å². The second kappa shape index (κ2) is 4.34. The maximum absolute atomic E-state index is 11.3. The number of phenols is 1. The molecule has 3 N–H and O–H groups in total. The minimum Gasteiger partial charge on any atom is -0.507 e. The number of aromatic nitrogens is 1. The first kappa shape index (κ1) is 11.1. The van der Waals surface area contributed by atoms with Crippen LogP contribution in [-0.2, 0) is 0 Å². The van der Waals surface area contributed by atoms with E-state index in [4.69, 9.17) is 0 Å². The first-order valence-electron chi connectivity index (χ1n) is 6.06. The van der Waals surface area contributed by atoms with Gasteiger partial charge in [-0.1, -0.05) is 0 Å². The number of nitrogens with one attached hydrogen (secondary N) is 2. The zero-order valence-corrected chi connectivity index (χ0v) is 9.94. The van der Waals surface area contributed by atoms with Crippen molar-refractivity contribution in [1.82, 2.24) is 10.3 Å². The van der Waals surface area contributed by atoms with Crippen LogP contribution >= 0.6 is 0 Å². The summed E-state index contributed by atoms with van der Waals surface area (Å²) in [5.74, 6) is 0.206. The molecule has 0 atom stereocenters. The van der Waals surface area contributed by atoms with E-state index in [1.165, 1.54) is 6.07 Å². The quantitative estimate of drug-likeness (QED) is 0.690. The highest BCUT2D eigenvalue weighted by atomic mass is 16.3. The fraction of sp³-hybridized carbons (Fsp3) is 0.308. The van der Waals surface area contributed by atoms with E-state index in [1.807, 2.05) is 6.07 Å². The van der Waals surface area contributed by atoms with Crippen LogP contribution in [0.25, 0.3) is 10.9 Å². The number of pyridine rings is 1. The number of nitrogens with zero attached hydrogens (tertiary/aromatic N) is 1. The lowest BCUT2D eigenvalue weighted by atomic mass is 10.1. The van der Waals surface area contributed by atoms with Crippen LogP contribution in [0.2, 0.25) is 0 Å². The number of aromatic hydroxyl groups is 1. The summed E-state index contributed by atoms with van der Waals surface area (Å²) in [6.45, 7) is 3.68. The SMILES string of the molecule is O=c1ccc2c(O)cc(N3CCNCC3)cc2[nH]1. The smallest absolute Gasteiger partial charge is 0.248 e. The Morgan fingerprint density at radius 3 is 2.72 bits per heavy atom. The molecular formula is C13H15N3O2. The van der Waals surface area contributed by atoms with Crippen molar-refractivity contribution in [3.8, 4) is 5.75 Å². The van der Waals surface area contributed by atoms with E-state index < -0.39 is 0 Å². The van der Waals surface area contributed by atoms with Gasteiger partial charge in [-0.2, -0.15) is 0 Å². The second-order valence-electron chi connectivity index (χ2n) is 4.49. The van der Waals surface area contributed by atoms with E-state index in [0.717, 1.165) is 31.9 Å². The third-order valence-corrected chi connectivity index (χ3v) is 3.28. The number of rotatable bonds is 1. The van der Waals surface area contributed by atoms with Gasteiger partial charge in [0.1, 0.15) is 5.75 Å². The van der Waals surface area contributed by atoms with Crippen LogP contribution in [0.1, 0.15) is 0 Å². The van der Waals surface area contributed by atoms with Gasteiger partial charge in [0.05, 0.1) is 5.52 Å². The highest BCUT2D eigenvalue weighted by Gasteiger charge is 2.12. The summed E-state index contributed by atoms with van der Waals surface area (Å²) in [5.41, 5.74) is 1.47. The highest BCUT2D eigenvalue weighted by molar-refractivity contribution is 5.88. The number of benzene rings is 1. The summed E-state index contributed by atoms with van der Waals surface area (Å²) in [4.78, 5) is 16.3. The molecule has 1 saturated heterocycles. The number of hydrogen-bond acceptors (Lipinski definition) is 4. The van der Waals surface area contributed by atoms with Crippen LogP contribution in [-0.4, -0.2) is 36.3 Å². The largest absolute Gasteiger partial charge is 0.507 e. The Morgan fingerprint density at radius 1 is 1.17 bits per heavy atom. The standard InChI is InChI=1S/C13H15N3O2/c17-12-8-9(16-5-3-14-4-6-16)7-11-10(12)1-2-13(18)15-11/h1-2,7-8,14,17H,3-6H2,(H,15,18). The predicted molar refractivity (Wildman–Crippen MR) is 71.3 cm³/mol. The van der Waals surface area contributed by atoms with Crippen LogP contribution in [0.4, 0.5) is 5.69 Å². The molecule has 3 rings (SSSR count). The van der Waals surface area contributed by atoms with Crippen molar-refractivity contribution in [1.29, 1.82) is 0 Å². The molecule has 1 aromatic carbocycles. The van der Waals surface area contributed by atoms with Crippen LogP contribution in [0.5, 0.6) is 5.75 Å². The lowest BCUT2D eigenvalue weighted by Gasteiger charge is -2.29. The molecule has 0 spiro atoms. The Bertz CT molecular complexity index is 630. The van der Waals surface area contributed by atoms with Crippen LogP contribution < -0.4 is 15.8 Å². The van der Waals surface area contributed by atoms with E-state index in [9.17, 15) is 9.90 Å².